The van der Waals surface area contributed by atoms with Crippen molar-refractivity contribution in [2.75, 3.05) is 0 Å². The number of nitrogens with zero attached hydrogens (tertiary/aromatic N) is 1. The van der Waals surface area contributed by atoms with Gasteiger partial charge in [0.2, 0.25) is 0 Å². The number of hydrogen-bond acceptors (Lipinski definition) is 3. The van der Waals surface area contributed by atoms with Crippen LogP contribution in [0.5, 0.6) is 5.75 Å². The molecule has 0 spiro atoms. The van der Waals surface area contributed by atoms with Crippen LogP contribution in [0.1, 0.15) is 50.0 Å². The minimum Gasteiger partial charge on any atom is -0.507 e. The number of benzene rings is 1. The molecule has 0 amide bonds. The molecule has 2 nitrogen and oxygen atoms in total. The minimum atomic E-state index is 0.319. The normalized spacial score (nSPS) is 22.9. The van der Waals surface area contributed by atoms with Crippen molar-refractivity contribution in [3.8, 4) is 17.0 Å². The van der Waals surface area contributed by atoms with Crippen molar-refractivity contribution in [2.24, 2.45) is 5.92 Å². The summed E-state index contributed by atoms with van der Waals surface area (Å²) in [6.07, 6.45) is 6.53. The molecule has 1 N–H and O–H groups in total. The highest BCUT2D eigenvalue weighted by Crippen LogP contribution is 2.39. The van der Waals surface area contributed by atoms with Gasteiger partial charge in [-0.15, -0.1) is 11.3 Å². The fraction of sp³-hybridized carbons (Fsp3) is 0.471. The summed E-state index contributed by atoms with van der Waals surface area (Å²) in [6, 6.07) is 7.45. The Morgan fingerprint density at radius 2 is 1.95 bits per heavy atom. The molecule has 0 radical (unpaired) electrons. The first-order valence-electron chi connectivity index (χ1n) is 7.51. The van der Waals surface area contributed by atoms with Gasteiger partial charge in [-0.05, 0) is 43.7 Å². The largest absolute Gasteiger partial charge is 0.507 e. The Morgan fingerprint density at radius 3 is 2.65 bits per heavy atom. The van der Waals surface area contributed by atoms with Gasteiger partial charge < -0.3 is 5.11 Å². The second kappa shape index (κ2) is 5.96. The number of hydrogen-bond donors (Lipinski definition) is 1. The van der Waals surface area contributed by atoms with Crippen LogP contribution in [0.4, 0.5) is 0 Å². The van der Waals surface area contributed by atoms with Crippen molar-refractivity contribution in [2.45, 2.75) is 44.9 Å². The predicted octanol–water partition coefficient (Wildman–Crippen LogP) is 5.20. The van der Waals surface area contributed by atoms with Crippen molar-refractivity contribution >= 4 is 11.3 Å². The van der Waals surface area contributed by atoms with E-state index < -0.39 is 0 Å². The lowest BCUT2D eigenvalue weighted by molar-refractivity contribution is 0.318. The maximum absolute atomic E-state index is 9.91. The lowest BCUT2D eigenvalue weighted by atomic mass is 9.81. The molecule has 2 aromatic rings. The molecule has 1 aromatic carbocycles. The number of phenolic OH excluding ortho intramolecular Hbond substituents is 1. The molecular weight excluding hydrogens is 266 g/mol. The van der Waals surface area contributed by atoms with Crippen molar-refractivity contribution in [1.29, 1.82) is 0 Å². The maximum atomic E-state index is 9.91. The van der Waals surface area contributed by atoms with Crippen molar-refractivity contribution in [3.05, 3.63) is 34.7 Å². The fourth-order valence-corrected chi connectivity index (χ4v) is 4.10. The molecule has 0 atom stereocenters. The molecule has 1 saturated carbocycles. The van der Waals surface area contributed by atoms with Gasteiger partial charge in [0, 0.05) is 16.9 Å². The second-order valence-electron chi connectivity index (χ2n) is 5.71. The van der Waals surface area contributed by atoms with Gasteiger partial charge in [0.15, 0.2) is 0 Å². The van der Waals surface area contributed by atoms with Gasteiger partial charge in [0.1, 0.15) is 5.75 Å². The first kappa shape index (κ1) is 13.6. The van der Waals surface area contributed by atoms with E-state index in [-0.39, 0.29) is 0 Å². The number of rotatable bonds is 3. The van der Waals surface area contributed by atoms with Crippen LogP contribution in [0.25, 0.3) is 11.3 Å². The molecular formula is C17H21NOS. The average Bonchev–Trinajstić information content (AvgIpc) is 2.97. The Hall–Kier alpha value is -1.35. The standard InChI is InChI=1S/C17H21NOS/c1-2-12-7-9-13(10-8-12)17-18-15(11-20-17)14-5-3-4-6-16(14)19/h3-6,11-13,19H,2,7-10H2,1H3. The van der Waals surface area contributed by atoms with Crippen LogP contribution in [-0.4, -0.2) is 10.1 Å². The SMILES string of the molecule is CCC1CCC(c2nc(-c3ccccc3O)cs2)CC1. The number of aromatic hydroxyl groups is 1. The van der Waals surface area contributed by atoms with Crippen LogP contribution in [0.3, 0.4) is 0 Å². The number of phenols is 1. The van der Waals surface area contributed by atoms with Gasteiger partial charge in [-0.2, -0.15) is 0 Å². The molecule has 1 fully saturated rings. The van der Waals surface area contributed by atoms with Gasteiger partial charge in [0.25, 0.3) is 0 Å². The Kier molecular flexibility index (Phi) is 4.06. The topological polar surface area (TPSA) is 33.1 Å². The quantitative estimate of drug-likeness (QED) is 0.841. The molecule has 0 saturated heterocycles. The smallest absolute Gasteiger partial charge is 0.125 e. The van der Waals surface area contributed by atoms with Crippen molar-refractivity contribution < 1.29 is 5.11 Å². The molecule has 1 heterocycles. The number of aromatic nitrogens is 1. The van der Waals surface area contributed by atoms with Crippen LogP contribution in [0.2, 0.25) is 0 Å². The average molecular weight is 287 g/mol. The first-order chi connectivity index (χ1) is 9.78. The molecule has 0 aliphatic heterocycles. The van der Waals surface area contributed by atoms with E-state index in [4.69, 9.17) is 4.98 Å². The summed E-state index contributed by atoms with van der Waals surface area (Å²) in [5.41, 5.74) is 1.76. The zero-order valence-corrected chi connectivity index (χ0v) is 12.7. The summed E-state index contributed by atoms with van der Waals surface area (Å²) in [6.45, 7) is 2.30. The highest BCUT2D eigenvalue weighted by atomic mass is 32.1. The van der Waals surface area contributed by atoms with E-state index in [0.29, 0.717) is 11.7 Å². The van der Waals surface area contributed by atoms with E-state index in [2.05, 4.69) is 12.3 Å². The zero-order valence-electron chi connectivity index (χ0n) is 11.9. The molecule has 3 rings (SSSR count). The highest BCUT2D eigenvalue weighted by molar-refractivity contribution is 7.10. The highest BCUT2D eigenvalue weighted by Gasteiger charge is 2.23. The predicted molar refractivity (Wildman–Crippen MR) is 84.2 cm³/mol. The summed E-state index contributed by atoms with van der Waals surface area (Å²) in [7, 11) is 0. The van der Waals surface area contributed by atoms with Gasteiger partial charge in [-0.3, -0.25) is 0 Å². The van der Waals surface area contributed by atoms with E-state index in [1.54, 1.807) is 17.4 Å². The van der Waals surface area contributed by atoms with Crippen LogP contribution in [-0.2, 0) is 0 Å². The van der Waals surface area contributed by atoms with Gasteiger partial charge in [-0.25, -0.2) is 4.98 Å². The molecule has 1 aromatic heterocycles. The van der Waals surface area contributed by atoms with E-state index >= 15 is 0 Å². The summed E-state index contributed by atoms with van der Waals surface area (Å²) in [5, 5.41) is 13.2. The maximum Gasteiger partial charge on any atom is 0.125 e. The molecule has 1 aliphatic rings. The molecule has 0 unspecified atom stereocenters. The van der Waals surface area contributed by atoms with Crippen molar-refractivity contribution in [3.63, 3.8) is 0 Å². The number of para-hydroxylation sites is 1. The Bertz CT molecular complexity index is 570. The first-order valence-corrected chi connectivity index (χ1v) is 8.39. The third kappa shape index (κ3) is 2.73. The summed E-state index contributed by atoms with van der Waals surface area (Å²) in [5.74, 6) is 1.87. The lowest BCUT2D eigenvalue weighted by Gasteiger charge is -2.26. The lowest BCUT2D eigenvalue weighted by Crippen LogP contribution is -2.12. The van der Waals surface area contributed by atoms with Crippen LogP contribution >= 0.6 is 11.3 Å². The van der Waals surface area contributed by atoms with Crippen LogP contribution in [0.15, 0.2) is 29.6 Å². The molecule has 3 heteroatoms. The molecule has 1 aliphatic carbocycles. The fourth-order valence-electron chi connectivity index (χ4n) is 3.11. The van der Waals surface area contributed by atoms with Gasteiger partial charge in [0.05, 0.1) is 10.7 Å². The summed E-state index contributed by atoms with van der Waals surface area (Å²) in [4.78, 5) is 4.77. The summed E-state index contributed by atoms with van der Waals surface area (Å²) >= 11 is 1.75. The molecule has 106 valence electrons. The van der Waals surface area contributed by atoms with Crippen LogP contribution in [0, 0.1) is 5.92 Å². The van der Waals surface area contributed by atoms with Crippen molar-refractivity contribution in [1.82, 2.24) is 4.98 Å². The van der Waals surface area contributed by atoms with E-state index in [1.165, 1.54) is 37.1 Å². The third-order valence-electron chi connectivity index (χ3n) is 4.48. The zero-order chi connectivity index (χ0) is 13.9. The Morgan fingerprint density at radius 1 is 1.20 bits per heavy atom. The second-order valence-corrected chi connectivity index (χ2v) is 6.60. The van der Waals surface area contributed by atoms with E-state index in [0.717, 1.165) is 17.2 Å². The Balaban J connectivity index is 1.76. The minimum absolute atomic E-state index is 0.319. The van der Waals surface area contributed by atoms with Gasteiger partial charge in [-0.1, -0.05) is 25.5 Å². The van der Waals surface area contributed by atoms with Crippen LogP contribution < -0.4 is 0 Å². The van der Waals surface area contributed by atoms with E-state index in [1.807, 2.05) is 18.2 Å². The molecule has 0 bridgehead atoms. The number of thiazole rings is 1. The monoisotopic (exact) mass is 287 g/mol. The third-order valence-corrected chi connectivity index (χ3v) is 5.48. The molecule has 20 heavy (non-hydrogen) atoms. The Labute approximate surface area is 124 Å². The summed E-state index contributed by atoms with van der Waals surface area (Å²) < 4.78 is 0. The van der Waals surface area contributed by atoms with Gasteiger partial charge >= 0.3 is 0 Å². The van der Waals surface area contributed by atoms with E-state index in [9.17, 15) is 5.11 Å².